The molecule has 6 nitrogen and oxygen atoms in total. The van der Waals surface area contributed by atoms with Crippen LogP contribution in [0.4, 0.5) is 0 Å². The van der Waals surface area contributed by atoms with Gasteiger partial charge in [0.15, 0.2) is 17.5 Å². The summed E-state index contributed by atoms with van der Waals surface area (Å²) in [6.45, 7) is 0. The third kappa shape index (κ3) is 4.93. The van der Waals surface area contributed by atoms with E-state index < -0.39 is 5.41 Å². The second-order valence-corrected chi connectivity index (χ2v) is 14.0. The Bertz CT molecular complexity index is 2830. The fraction of sp³-hybridized carbons (Fsp3) is 0.0200. The lowest BCUT2D eigenvalue weighted by molar-refractivity contribution is 0.436. The van der Waals surface area contributed by atoms with Gasteiger partial charge in [-0.2, -0.15) is 0 Å². The number of nitrogens with zero attached hydrogens (tertiary/aromatic N) is 5. The molecule has 0 unspecified atom stereocenters. The van der Waals surface area contributed by atoms with E-state index in [-0.39, 0.29) is 0 Å². The van der Waals surface area contributed by atoms with E-state index in [2.05, 4.69) is 97.1 Å². The van der Waals surface area contributed by atoms with Crippen molar-refractivity contribution < 1.29 is 4.74 Å². The second kappa shape index (κ2) is 12.8. The number of hydrogen-bond acceptors (Lipinski definition) is 6. The van der Waals surface area contributed by atoms with E-state index in [4.69, 9.17) is 29.9 Å². The van der Waals surface area contributed by atoms with Gasteiger partial charge in [0.1, 0.15) is 11.5 Å². The summed E-state index contributed by atoms with van der Waals surface area (Å²) < 4.78 is 6.65. The van der Waals surface area contributed by atoms with Gasteiger partial charge in [0.2, 0.25) is 0 Å². The first-order valence-corrected chi connectivity index (χ1v) is 18.7. The third-order valence-electron chi connectivity index (χ3n) is 10.9. The first-order chi connectivity index (χ1) is 27.8. The summed E-state index contributed by atoms with van der Waals surface area (Å²) >= 11 is 0. The zero-order valence-electron chi connectivity index (χ0n) is 30.0. The molecule has 0 saturated heterocycles. The van der Waals surface area contributed by atoms with Gasteiger partial charge in [-0.25, -0.2) is 15.0 Å². The van der Waals surface area contributed by atoms with Crippen molar-refractivity contribution in [3.05, 3.63) is 210 Å². The van der Waals surface area contributed by atoms with Crippen molar-refractivity contribution in [2.75, 3.05) is 0 Å². The molecule has 0 atom stereocenters. The topological polar surface area (TPSA) is 73.7 Å². The first kappa shape index (κ1) is 31.9. The van der Waals surface area contributed by atoms with E-state index in [1.807, 2.05) is 91.0 Å². The van der Waals surface area contributed by atoms with E-state index in [9.17, 15) is 0 Å². The fourth-order valence-electron chi connectivity index (χ4n) is 8.49. The van der Waals surface area contributed by atoms with Crippen molar-refractivity contribution in [3.63, 3.8) is 0 Å². The number of fused-ring (bicyclic) bond motifs is 9. The van der Waals surface area contributed by atoms with Crippen LogP contribution in [0.2, 0.25) is 0 Å². The Labute approximate surface area is 323 Å². The van der Waals surface area contributed by atoms with Gasteiger partial charge in [-0.3, -0.25) is 0 Å². The Morgan fingerprint density at radius 1 is 0.339 bits per heavy atom. The van der Waals surface area contributed by atoms with E-state index in [0.717, 1.165) is 84.1 Å². The highest BCUT2D eigenvalue weighted by Crippen LogP contribution is 2.64. The van der Waals surface area contributed by atoms with E-state index >= 15 is 0 Å². The first-order valence-electron chi connectivity index (χ1n) is 18.7. The van der Waals surface area contributed by atoms with E-state index in [1.165, 1.54) is 0 Å². The summed E-state index contributed by atoms with van der Waals surface area (Å²) in [6, 6.07) is 64.5. The summed E-state index contributed by atoms with van der Waals surface area (Å²) in [5.74, 6) is 3.51. The van der Waals surface area contributed by atoms with Crippen LogP contribution in [-0.4, -0.2) is 25.1 Å². The zero-order chi connectivity index (χ0) is 37.1. The molecule has 11 rings (SSSR count). The number of ether oxygens (including phenoxy) is 1. The van der Waals surface area contributed by atoms with Crippen molar-refractivity contribution in [2.45, 2.75) is 5.41 Å². The monoisotopic (exact) mass is 717 g/mol. The minimum Gasteiger partial charge on any atom is -0.457 e. The van der Waals surface area contributed by atoms with Crippen molar-refractivity contribution in [3.8, 4) is 79.3 Å². The molecule has 56 heavy (non-hydrogen) atoms. The van der Waals surface area contributed by atoms with Gasteiger partial charge in [-0.05, 0) is 52.6 Å². The summed E-state index contributed by atoms with van der Waals surface area (Å²) in [6.07, 6.45) is 0. The highest BCUT2D eigenvalue weighted by molar-refractivity contribution is 5.95. The largest absolute Gasteiger partial charge is 0.457 e. The van der Waals surface area contributed by atoms with Gasteiger partial charge in [0, 0.05) is 38.9 Å². The smallest absolute Gasteiger partial charge is 0.164 e. The Morgan fingerprint density at radius 3 is 1.43 bits per heavy atom. The number of benzene rings is 7. The van der Waals surface area contributed by atoms with Crippen LogP contribution in [0.25, 0.3) is 67.8 Å². The van der Waals surface area contributed by atoms with Crippen molar-refractivity contribution in [1.82, 2.24) is 25.1 Å². The molecule has 0 radical (unpaired) electrons. The molecule has 1 aliphatic heterocycles. The average Bonchev–Trinajstić information content (AvgIpc) is 3.57. The van der Waals surface area contributed by atoms with Crippen LogP contribution in [0.5, 0.6) is 11.5 Å². The van der Waals surface area contributed by atoms with Crippen LogP contribution >= 0.6 is 0 Å². The maximum absolute atomic E-state index is 6.65. The van der Waals surface area contributed by atoms with E-state index in [1.54, 1.807) is 0 Å². The van der Waals surface area contributed by atoms with Crippen molar-refractivity contribution >= 4 is 0 Å². The molecule has 0 bridgehead atoms. The minimum absolute atomic E-state index is 0.606. The lowest BCUT2D eigenvalue weighted by atomic mass is 9.65. The fourth-order valence-corrected chi connectivity index (χ4v) is 8.49. The number of hydrogen-bond donors (Lipinski definition) is 0. The van der Waals surface area contributed by atoms with E-state index in [0.29, 0.717) is 17.5 Å². The van der Waals surface area contributed by atoms with Crippen molar-refractivity contribution in [1.29, 1.82) is 0 Å². The second-order valence-electron chi connectivity index (χ2n) is 14.0. The molecule has 0 amide bonds. The van der Waals surface area contributed by atoms with Gasteiger partial charge < -0.3 is 4.74 Å². The lowest BCUT2D eigenvalue weighted by Crippen LogP contribution is -2.32. The Hall–Kier alpha value is -7.57. The van der Waals surface area contributed by atoms with Crippen molar-refractivity contribution in [2.24, 2.45) is 0 Å². The summed E-state index contributed by atoms with van der Waals surface area (Å²) in [4.78, 5) is 15.1. The molecule has 6 heteroatoms. The van der Waals surface area contributed by atoms with Crippen LogP contribution in [0, 0.1) is 0 Å². The predicted octanol–water partition coefficient (Wildman–Crippen LogP) is 11.5. The molecular weight excluding hydrogens is 687 g/mol. The van der Waals surface area contributed by atoms with Crippen LogP contribution < -0.4 is 4.74 Å². The SMILES string of the molecule is c1ccc(-c2ccc(-c3cccc4c3C3(c5ccccc5Oc5ccccc53)c3ccc(-c5nc(-c6ccccc6)nc(-c6ccccc6)n5)cc3-4)nn2)cc1. The maximum Gasteiger partial charge on any atom is 0.164 e. The predicted molar refractivity (Wildman–Crippen MR) is 220 cm³/mol. The molecule has 0 fully saturated rings. The molecule has 9 aromatic rings. The molecule has 2 aromatic heterocycles. The molecule has 2 aliphatic rings. The molecule has 0 saturated carbocycles. The number of rotatable bonds is 5. The third-order valence-corrected chi connectivity index (χ3v) is 10.9. The number of para-hydroxylation sites is 2. The van der Waals surface area contributed by atoms with Crippen LogP contribution in [0.15, 0.2) is 188 Å². The highest BCUT2D eigenvalue weighted by Gasteiger charge is 2.52. The van der Waals surface area contributed by atoms with Gasteiger partial charge in [0.25, 0.3) is 0 Å². The summed E-state index contributed by atoms with van der Waals surface area (Å²) in [5, 5.41) is 9.63. The molecule has 3 heterocycles. The maximum atomic E-state index is 6.65. The Morgan fingerprint density at radius 2 is 0.839 bits per heavy atom. The van der Waals surface area contributed by atoms with Crippen LogP contribution in [0.3, 0.4) is 0 Å². The Balaban J connectivity index is 1.17. The molecule has 1 spiro atoms. The lowest BCUT2D eigenvalue weighted by Gasteiger charge is -2.40. The normalized spacial score (nSPS) is 12.9. The summed E-state index contributed by atoms with van der Waals surface area (Å²) in [7, 11) is 0. The molecule has 1 aliphatic carbocycles. The minimum atomic E-state index is -0.714. The molecule has 0 N–H and O–H groups in total. The molecule has 7 aromatic carbocycles. The molecule has 262 valence electrons. The number of aromatic nitrogens is 5. The van der Waals surface area contributed by atoms with Gasteiger partial charge in [-0.15, -0.1) is 10.2 Å². The zero-order valence-corrected chi connectivity index (χ0v) is 30.0. The van der Waals surface area contributed by atoms with Crippen LogP contribution in [0.1, 0.15) is 22.3 Å². The summed E-state index contributed by atoms with van der Waals surface area (Å²) in [5.41, 5.74) is 12.4. The van der Waals surface area contributed by atoms with Gasteiger partial charge >= 0.3 is 0 Å². The standard InChI is InChI=1S/C50H31N5O/c1-4-15-32(16-5-1)42-29-30-43(55-54-42)37-22-14-21-36-38-31-35(49-52-47(33-17-6-2-7-18-33)51-48(53-49)34-19-8-3-9-20-34)27-28-39(38)50(46(36)37)40-23-10-12-25-44(40)56-45-26-13-11-24-41(45)50/h1-31H. The Kier molecular flexibility index (Phi) is 7.29. The van der Waals surface area contributed by atoms with Crippen LogP contribution in [-0.2, 0) is 5.41 Å². The quantitative estimate of drug-likeness (QED) is 0.176. The van der Waals surface area contributed by atoms with Gasteiger partial charge in [-0.1, -0.05) is 158 Å². The average molecular weight is 718 g/mol. The highest BCUT2D eigenvalue weighted by atomic mass is 16.5. The van der Waals surface area contributed by atoms with Gasteiger partial charge in [0.05, 0.1) is 16.8 Å². The molecular formula is C50H31N5O.